The summed E-state index contributed by atoms with van der Waals surface area (Å²) in [7, 11) is 0. The van der Waals surface area contributed by atoms with E-state index in [1.165, 1.54) is 12.1 Å². The van der Waals surface area contributed by atoms with Gasteiger partial charge in [-0.2, -0.15) is 11.8 Å². The Morgan fingerprint density at radius 3 is 2.65 bits per heavy atom. The van der Waals surface area contributed by atoms with Crippen LogP contribution in [0.2, 0.25) is 0 Å². The molecular weight excluding hydrogens is 377 g/mol. The average Bonchev–Trinajstić information content (AvgIpc) is 2.63. The van der Waals surface area contributed by atoms with Crippen molar-refractivity contribution in [2.24, 2.45) is 0 Å². The third kappa shape index (κ3) is 5.59. The van der Waals surface area contributed by atoms with Gasteiger partial charge in [-0.15, -0.1) is 12.4 Å². The second kappa shape index (κ2) is 10.1. The van der Waals surface area contributed by atoms with Crippen LogP contribution in [-0.2, 0) is 4.79 Å². The number of carbonyl (C=O) groups excluding carboxylic acids is 2. The fourth-order valence-electron chi connectivity index (χ4n) is 3.29. The first kappa shape index (κ1) is 21.0. The molecule has 0 spiro atoms. The second-order valence-corrected chi connectivity index (χ2v) is 7.69. The maximum Gasteiger partial charge on any atom is 0.256 e. The zero-order valence-corrected chi connectivity index (χ0v) is 16.2. The Balaban J connectivity index is 0.00000243. The molecule has 0 saturated carbocycles. The van der Waals surface area contributed by atoms with Crippen LogP contribution in [0.15, 0.2) is 24.3 Å². The van der Waals surface area contributed by atoms with Gasteiger partial charge in [0.15, 0.2) is 0 Å². The summed E-state index contributed by atoms with van der Waals surface area (Å²) in [6.45, 7) is 2.03. The van der Waals surface area contributed by atoms with Crippen molar-refractivity contribution in [1.29, 1.82) is 0 Å². The zero-order chi connectivity index (χ0) is 17.6. The van der Waals surface area contributed by atoms with E-state index in [0.717, 1.165) is 18.1 Å². The Bertz CT molecular complexity index is 620. The number of rotatable bonds is 4. The number of likely N-dealkylation sites (tertiary alicyclic amines) is 1. The summed E-state index contributed by atoms with van der Waals surface area (Å²) in [5, 5.41) is 6.44. The first-order chi connectivity index (χ1) is 12.1. The summed E-state index contributed by atoms with van der Waals surface area (Å²) in [6, 6.07) is 6.40. The van der Waals surface area contributed by atoms with Crippen molar-refractivity contribution in [2.45, 2.75) is 31.3 Å². The van der Waals surface area contributed by atoms with Gasteiger partial charge in [-0.05, 0) is 25.0 Å². The molecule has 2 saturated heterocycles. The predicted octanol–water partition coefficient (Wildman–Crippen LogP) is 2.06. The van der Waals surface area contributed by atoms with Gasteiger partial charge < -0.3 is 15.5 Å². The standard InChI is InChI=1S/C18H24FN3O2S.ClH/c19-16-4-2-1-3-15(16)18(24)22-8-5-13(6-9-22)21-17(23)11-14-12-25-10-7-20-14;/h1-4,13-14,20H,5-12H2,(H,21,23);1H. The van der Waals surface area contributed by atoms with Gasteiger partial charge in [0, 0.05) is 49.6 Å². The van der Waals surface area contributed by atoms with Crippen molar-refractivity contribution in [2.75, 3.05) is 31.1 Å². The molecule has 2 aliphatic rings. The van der Waals surface area contributed by atoms with Crippen LogP contribution in [0.4, 0.5) is 4.39 Å². The molecule has 3 rings (SSSR count). The van der Waals surface area contributed by atoms with Gasteiger partial charge in [0.25, 0.3) is 5.91 Å². The van der Waals surface area contributed by atoms with Crippen LogP contribution in [0.3, 0.4) is 0 Å². The molecule has 1 unspecified atom stereocenters. The molecule has 0 aliphatic carbocycles. The molecule has 2 amide bonds. The number of hydrogen-bond acceptors (Lipinski definition) is 4. The summed E-state index contributed by atoms with van der Waals surface area (Å²) < 4.78 is 13.8. The highest BCUT2D eigenvalue weighted by molar-refractivity contribution is 7.99. The van der Waals surface area contributed by atoms with Crippen molar-refractivity contribution >= 4 is 36.0 Å². The molecule has 5 nitrogen and oxygen atoms in total. The minimum Gasteiger partial charge on any atom is -0.353 e. The van der Waals surface area contributed by atoms with Crippen molar-refractivity contribution in [3.63, 3.8) is 0 Å². The zero-order valence-electron chi connectivity index (χ0n) is 14.6. The SMILES string of the molecule is Cl.O=C(CC1CSCCN1)NC1CCN(C(=O)c2ccccc2F)CC1. The minimum absolute atomic E-state index is 0. The van der Waals surface area contributed by atoms with Crippen LogP contribution < -0.4 is 10.6 Å². The molecule has 1 atom stereocenters. The van der Waals surface area contributed by atoms with E-state index in [1.807, 2.05) is 11.8 Å². The Morgan fingerprint density at radius 1 is 1.27 bits per heavy atom. The Hall–Kier alpha value is -1.31. The van der Waals surface area contributed by atoms with E-state index in [0.29, 0.717) is 32.4 Å². The molecule has 2 fully saturated rings. The normalized spacial score (nSPS) is 21.0. The molecule has 1 aromatic carbocycles. The highest BCUT2D eigenvalue weighted by Crippen LogP contribution is 2.16. The third-order valence-corrected chi connectivity index (χ3v) is 5.81. The van der Waals surface area contributed by atoms with E-state index in [4.69, 9.17) is 0 Å². The van der Waals surface area contributed by atoms with Crippen molar-refractivity contribution < 1.29 is 14.0 Å². The molecule has 0 bridgehead atoms. The van der Waals surface area contributed by atoms with Gasteiger partial charge in [0.1, 0.15) is 5.82 Å². The highest BCUT2D eigenvalue weighted by Gasteiger charge is 2.26. The summed E-state index contributed by atoms with van der Waals surface area (Å²) in [6.07, 6.45) is 1.92. The molecule has 8 heteroatoms. The van der Waals surface area contributed by atoms with Gasteiger partial charge in [-0.1, -0.05) is 12.1 Å². The van der Waals surface area contributed by atoms with Crippen molar-refractivity contribution in [3.05, 3.63) is 35.6 Å². The van der Waals surface area contributed by atoms with Crippen LogP contribution in [-0.4, -0.2) is 59.9 Å². The van der Waals surface area contributed by atoms with E-state index in [-0.39, 0.29) is 41.9 Å². The van der Waals surface area contributed by atoms with Crippen molar-refractivity contribution in [1.82, 2.24) is 15.5 Å². The van der Waals surface area contributed by atoms with E-state index in [2.05, 4.69) is 10.6 Å². The fraction of sp³-hybridized carbons (Fsp3) is 0.556. The molecule has 26 heavy (non-hydrogen) atoms. The van der Waals surface area contributed by atoms with Crippen LogP contribution in [0.5, 0.6) is 0 Å². The molecular formula is C18H25ClFN3O2S. The lowest BCUT2D eigenvalue weighted by molar-refractivity contribution is -0.122. The Morgan fingerprint density at radius 2 is 2.00 bits per heavy atom. The minimum atomic E-state index is -0.485. The maximum absolute atomic E-state index is 13.8. The summed E-state index contributed by atoms with van der Waals surface area (Å²) in [5.41, 5.74) is 0.117. The van der Waals surface area contributed by atoms with Gasteiger partial charge in [-0.25, -0.2) is 4.39 Å². The Kier molecular flexibility index (Phi) is 8.18. The van der Waals surface area contributed by atoms with Crippen LogP contribution >= 0.6 is 24.2 Å². The molecule has 2 heterocycles. The average molecular weight is 402 g/mol. The van der Waals surface area contributed by atoms with E-state index < -0.39 is 5.82 Å². The summed E-state index contributed by atoms with van der Waals surface area (Å²) in [5.74, 6) is 1.39. The second-order valence-electron chi connectivity index (χ2n) is 6.54. The number of carbonyl (C=O) groups is 2. The summed E-state index contributed by atoms with van der Waals surface area (Å²) >= 11 is 1.88. The van der Waals surface area contributed by atoms with Gasteiger partial charge in [0.2, 0.25) is 5.91 Å². The van der Waals surface area contributed by atoms with Gasteiger partial charge in [-0.3, -0.25) is 9.59 Å². The molecule has 2 aliphatic heterocycles. The van der Waals surface area contributed by atoms with Crippen LogP contribution in [0, 0.1) is 5.82 Å². The lowest BCUT2D eigenvalue weighted by atomic mass is 10.0. The largest absolute Gasteiger partial charge is 0.353 e. The number of halogens is 2. The van der Waals surface area contributed by atoms with Gasteiger partial charge in [0.05, 0.1) is 5.56 Å². The van der Waals surface area contributed by atoms with Gasteiger partial charge >= 0.3 is 0 Å². The number of nitrogens with zero attached hydrogens (tertiary/aromatic N) is 1. The molecule has 1 aromatic rings. The van der Waals surface area contributed by atoms with Crippen molar-refractivity contribution in [3.8, 4) is 0 Å². The first-order valence-electron chi connectivity index (χ1n) is 8.78. The first-order valence-corrected chi connectivity index (χ1v) is 9.93. The smallest absolute Gasteiger partial charge is 0.256 e. The monoisotopic (exact) mass is 401 g/mol. The lowest BCUT2D eigenvalue weighted by Crippen LogP contribution is -2.48. The fourth-order valence-corrected chi connectivity index (χ4v) is 4.24. The lowest BCUT2D eigenvalue weighted by Gasteiger charge is -2.33. The highest BCUT2D eigenvalue weighted by atomic mass is 35.5. The molecule has 0 aromatic heterocycles. The van der Waals surface area contributed by atoms with E-state index in [9.17, 15) is 14.0 Å². The van der Waals surface area contributed by atoms with E-state index >= 15 is 0 Å². The Labute approximate surface area is 163 Å². The molecule has 0 radical (unpaired) electrons. The number of thioether (sulfide) groups is 1. The topological polar surface area (TPSA) is 61.4 Å². The maximum atomic E-state index is 13.8. The third-order valence-electron chi connectivity index (χ3n) is 4.68. The quantitative estimate of drug-likeness (QED) is 0.810. The number of piperidine rings is 1. The van der Waals surface area contributed by atoms with Crippen LogP contribution in [0.1, 0.15) is 29.6 Å². The number of amides is 2. The van der Waals surface area contributed by atoms with E-state index in [1.54, 1.807) is 17.0 Å². The molecule has 2 N–H and O–H groups in total. The van der Waals surface area contributed by atoms with Crippen LogP contribution in [0.25, 0.3) is 0 Å². The number of benzene rings is 1. The molecule has 144 valence electrons. The predicted molar refractivity (Wildman–Crippen MR) is 104 cm³/mol. The summed E-state index contributed by atoms with van der Waals surface area (Å²) in [4.78, 5) is 26.2. The number of hydrogen-bond donors (Lipinski definition) is 2. The number of nitrogens with one attached hydrogen (secondary N) is 2.